The van der Waals surface area contributed by atoms with E-state index in [1.807, 2.05) is 0 Å². The van der Waals surface area contributed by atoms with E-state index >= 15 is 0 Å². The highest BCUT2D eigenvalue weighted by atomic mass is 32.2. The molecule has 2 atom stereocenters. The molecule has 0 aliphatic carbocycles. The van der Waals surface area contributed by atoms with Gasteiger partial charge in [-0.1, -0.05) is 6.58 Å². The van der Waals surface area contributed by atoms with Crippen LogP contribution in [-0.2, 0) is 25.1 Å². The maximum Gasteiger partial charge on any atom is 0.333 e. The zero-order chi connectivity index (χ0) is 13.3. The number of unbranched alkanes of at least 4 members (excludes halogenated alkanes) is 1. The van der Waals surface area contributed by atoms with E-state index < -0.39 is 23.4 Å². The van der Waals surface area contributed by atoms with E-state index in [4.69, 9.17) is 9.29 Å². The van der Waals surface area contributed by atoms with Gasteiger partial charge < -0.3 is 9.84 Å². The number of esters is 1. The summed E-state index contributed by atoms with van der Waals surface area (Å²) in [6, 6.07) is 0. The van der Waals surface area contributed by atoms with Crippen molar-refractivity contribution < 1.29 is 27.6 Å². The molecular weight excluding hydrogens is 248 g/mol. The number of hydrogen-bond donors (Lipinski definition) is 2. The van der Waals surface area contributed by atoms with Gasteiger partial charge in [-0.2, -0.15) is 4.21 Å². The van der Waals surface area contributed by atoms with Crippen molar-refractivity contribution in [1.29, 1.82) is 0 Å². The van der Waals surface area contributed by atoms with Gasteiger partial charge in [-0.15, -0.1) is 0 Å². The molecule has 7 heteroatoms. The molecule has 0 aromatic carbocycles. The number of ether oxygens (including phenoxy) is 1. The molecule has 0 aliphatic rings. The van der Waals surface area contributed by atoms with Crippen LogP contribution in [0.5, 0.6) is 0 Å². The lowest BCUT2D eigenvalue weighted by Crippen LogP contribution is -2.16. The summed E-state index contributed by atoms with van der Waals surface area (Å²) in [7, 11) is 0. The molecule has 17 heavy (non-hydrogen) atoms. The maximum absolute atomic E-state index is 11.0. The Kier molecular flexibility index (Phi) is 8.87. The van der Waals surface area contributed by atoms with Gasteiger partial charge in [0.25, 0.3) is 0 Å². The van der Waals surface area contributed by atoms with Gasteiger partial charge in [0.05, 0.1) is 19.3 Å². The van der Waals surface area contributed by atoms with Crippen molar-refractivity contribution in [3.63, 3.8) is 0 Å². The van der Waals surface area contributed by atoms with Crippen LogP contribution in [-0.4, -0.2) is 39.2 Å². The van der Waals surface area contributed by atoms with Crippen LogP contribution in [0.3, 0.4) is 0 Å². The topological polar surface area (TPSA) is 93.1 Å². The number of carbonyl (C=O) groups excluding carboxylic acids is 1. The average molecular weight is 266 g/mol. The van der Waals surface area contributed by atoms with Crippen LogP contribution in [0.2, 0.25) is 0 Å². The van der Waals surface area contributed by atoms with E-state index in [1.54, 1.807) is 6.92 Å². The molecule has 0 radical (unpaired) electrons. The van der Waals surface area contributed by atoms with Crippen LogP contribution in [0, 0.1) is 0 Å². The average Bonchev–Trinajstić information content (AvgIpc) is 2.25. The van der Waals surface area contributed by atoms with Gasteiger partial charge >= 0.3 is 17.3 Å². The fourth-order valence-corrected chi connectivity index (χ4v) is 1.26. The molecule has 0 spiro atoms. The molecule has 0 fully saturated rings. The SMILES string of the molecule is C=C(C)C(=O)OCCCCC(O)COS(=O)O. The highest BCUT2D eigenvalue weighted by Gasteiger charge is 2.07. The predicted molar refractivity (Wildman–Crippen MR) is 62.4 cm³/mol. The summed E-state index contributed by atoms with van der Waals surface area (Å²) < 4.78 is 27.6. The zero-order valence-electron chi connectivity index (χ0n) is 9.76. The quantitative estimate of drug-likeness (QED) is 0.277. The number of carbonyl (C=O) groups is 1. The molecule has 0 aliphatic heterocycles. The van der Waals surface area contributed by atoms with E-state index in [-0.39, 0.29) is 13.2 Å². The zero-order valence-corrected chi connectivity index (χ0v) is 10.6. The van der Waals surface area contributed by atoms with Gasteiger partial charge in [-0.25, -0.2) is 4.79 Å². The van der Waals surface area contributed by atoms with Crippen LogP contribution in [0.4, 0.5) is 0 Å². The minimum atomic E-state index is -2.35. The minimum absolute atomic E-state index is 0.186. The third-order valence-electron chi connectivity index (χ3n) is 1.87. The Hall–Kier alpha value is -0.760. The number of aliphatic hydroxyl groups excluding tert-OH is 1. The van der Waals surface area contributed by atoms with Crippen molar-refractivity contribution >= 4 is 17.3 Å². The largest absolute Gasteiger partial charge is 0.462 e. The van der Waals surface area contributed by atoms with Crippen molar-refractivity contribution in [3.8, 4) is 0 Å². The Morgan fingerprint density at radius 1 is 1.47 bits per heavy atom. The van der Waals surface area contributed by atoms with Gasteiger partial charge in [0.2, 0.25) is 0 Å². The summed E-state index contributed by atoms with van der Waals surface area (Å²) in [6.45, 7) is 5.09. The predicted octanol–water partition coefficient (Wildman–Crippen LogP) is 0.790. The first-order chi connectivity index (χ1) is 7.93. The fourth-order valence-electron chi connectivity index (χ4n) is 0.990. The third kappa shape index (κ3) is 10.1. The highest BCUT2D eigenvalue weighted by Crippen LogP contribution is 2.03. The lowest BCUT2D eigenvalue weighted by atomic mass is 10.2. The van der Waals surface area contributed by atoms with Crippen molar-refractivity contribution in [2.24, 2.45) is 0 Å². The number of rotatable bonds is 9. The van der Waals surface area contributed by atoms with Crippen LogP contribution in [0.15, 0.2) is 12.2 Å². The van der Waals surface area contributed by atoms with Gasteiger partial charge in [0, 0.05) is 5.57 Å². The first kappa shape index (κ1) is 16.2. The molecule has 0 saturated heterocycles. The van der Waals surface area contributed by atoms with Gasteiger partial charge in [0.1, 0.15) is 0 Å². The maximum atomic E-state index is 11.0. The minimum Gasteiger partial charge on any atom is -0.462 e. The van der Waals surface area contributed by atoms with E-state index in [2.05, 4.69) is 10.8 Å². The molecule has 0 heterocycles. The van der Waals surface area contributed by atoms with E-state index in [0.717, 1.165) is 0 Å². The third-order valence-corrected chi connectivity index (χ3v) is 2.21. The summed E-state index contributed by atoms with van der Waals surface area (Å²) in [4.78, 5) is 11.0. The van der Waals surface area contributed by atoms with Crippen molar-refractivity contribution in [1.82, 2.24) is 0 Å². The van der Waals surface area contributed by atoms with Gasteiger partial charge in [-0.3, -0.25) is 8.74 Å². The number of aliphatic hydroxyl groups is 1. The van der Waals surface area contributed by atoms with Crippen molar-refractivity contribution in [2.75, 3.05) is 13.2 Å². The summed E-state index contributed by atoms with van der Waals surface area (Å²) in [5.74, 6) is -0.426. The normalized spacial score (nSPS) is 14.1. The van der Waals surface area contributed by atoms with E-state index in [1.165, 1.54) is 0 Å². The van der Waals surface area contributed by atoms with Crippen LogP contribution >= 0.6 is 0 Å². The van der Waals surface area contributed by atoms with Crippen molar-refractivity contribution in [2.45, 2.75) is 32.3 Å². The molecule has 6 nitrogen and oxygen atoms in total. The Morgan fingerprint density at radius 3 is 2.65 bits per heavy atom. The second-order valence-corrected chi connectivity index (χ2v) is 4.24. The summed E-state index contributed by atoms with van der Waals surface area (Å²) in [5, 5.41) is 9.30. The highest BCUT2D eigenvalue weighted by molar-refractivity contribution is 7.74. The summed E-state index contributed by atoms with van der Waals surface area (Å²) >= 11 is -2.35. The Labute approximate surface area is 103 Å². The smallest absolute Gasteiger partial charge is 0.333 e. The Morgan fingerprint density at radius 2 is 2.12 bits per heavy atom. The Bertz CT molecular complexity index is 278. The first-order valence-electron chi connectivity index (χ1n) is 5.18. The van der Waals surface area contributed by atoms with E-state index in [0.29, 0.717) is 24.8 Å². The van der Waals surface area contributed by atoms with Crippen LogP contribution in [0.25, 0.3) is 0 Å². The molecular formula is C10H18O6S. The molecule has 2 unspecified atom stereocenters. The van der Waals surface area contributed by atoms with E-state index in [9.17, 15) is 14.1 Å². The monoisotopic (exact) mass is 266 g/mol. The summed E-state index contributed by atoms with van der Waals surface area (Å²) in [5.41, 5.74) is 0.351. The lowest BCUT2D eigenvalue weighted by Gasteiger charge is -2.09. The molecule has 0 amide bonds. The van der Waals surface area contributed by atoms with Gasteiger partial charge in [0.15, 0.2) is 0 Å². The fraction of sp³-hybridized carbons (Fsp3) is 0.700. The molecule has 0 bridgehead atoms. The van der Waals surface area contributed by atoms with Gasteiger partial charge in [-0.05, 0) is 26.2 Å². The second kappa shape index (κ2) is 9.29. The molecule has 100 valence electrons. The first-order valence-corrected chi connectivity index (χ1v) is 6.21. The standard InChI is InChI=1S/C10H18O6S/c1-8(2)10(12)15-6-4-3-5-9(11)7-16-17(13)14/h9,11H,1,3-7H2,2H3,(H,13,14). The van der Waals surface area contributed by atoms with Crippen molar-refractivity contribution in [3.05, 3.63) is 12.2 Å². The Balaban J connectivity index is 3.42. The molecule has 0 aromatic rings. The van der Waals surface area contributed by atoms with Crippen LogP contribution in [0.1, 0.15) is 26.2 Å². The lowest BCUT2D eigenvalue weighted by molar-refractivity contribution is -0.139. The molecule has 0 rings (SSSR count). The number of hydrogen-bond acceptors (Lipinski definition) is 5. The molecule has 0 saturated carbocycles. The van der Waals surface area contributed by atoms with Crippen LogP contribution < -0.4 is 0 Å². The summed E-state index contributed by atoms with van der Waals surface area (Å²) in [6.07, 6.45) is 0.870. The molecule has 2 N–H and O–H groups in total. The molecule has 0 aromatic heterocycles. The second-order valence-electron chi connectivity index (χ2n) is 3.57.